The predicted octanol–water partition coefficient (Wildman–Crippen LogP) is 0.910. The van der Waals surface area contributed by atoms with Crippen LogP contribution in [0, 0.1) is 6.92 Å². The Bertz CT molecular complexity index is 284. The largest absolute Gasteiger partial charge is 0.338 e. The lowest BCUT2D eigenvalue weighted by molar-refractivity contribution is 0.251. The second kappa shape index (κ2) is 4.44. The van der Waals surface area contributed by atoms with Crippen LogP contribution in [0.15, 0.2) is 4.52 Å². The zero-order valence-corrected chi connectivity index (χ0v) is 7.63. The lowest BCUT2D eigenvalue weighted by atomic mass is 10.5. The van der Waals surface area contributed by atoms with Gasteiger partial charge < -0.3 is 9.84 Å². The SMILES string of the molecule is CCCNC(=O)Nc1nc(C)no1. The van der Waals surface area contributed by atoms with E-state index in [1.54, 1.807) is 6.92 Å². The van der Waals surface area contributed by atoms with Gasteiger partial charge in [-0.2, -0.15) is 4.98 Å². The first-order chi connectivity index (χ1) is 6.22. The van der Waals surface area contributed by atoms with Crippen LogP contribution in [0.1, 0.15) is 19.2 Å². The number of carbonyl (C=O) groups is 1. The smallest absolute Gasteiger partial charge is 0.329 e. The first-order valence-electron chi connectivity index (χ1n) is 4.07. The van der Waals surface area contributed by atoms with Gasteiger partial charge in [0.25, 0.3) is 0 Å². The number of aryl methyl sites for hydroxylation is 1. The summed E-state index contributed by atoms with van der Waals surface area (Å²) in [6.45, 7) is 4.27. The van der Waals surface area contributed by atoms with Crippen LogP contribution in [0.2, 0.25) is 0 Å². The van der Waals surface area contributed by atoms with Crippen LogP contribution >= 0.6 is 0 Å². The summed E-state index contributed by atoms with van der Waals surface area (Å²) >= 11 is 0. The van der Waals surface area contributed by atoms with Gasteiger partial charge >= 0.3 is 12.0 Å². The summed E-state index contributed by atoms with van der Waals surface area (Å²) in [4.78, 5) is 14.8. The Hall–Kier alpha value is -1.59. The summed E-state index contributed by atoms with van der Waals surface area (Å²) in [5, 5.41) is 8.54. The van der Waals surface area contributed by atoms with Crippen molar-refractivity contribution in [3.8, 4) is 0 Å². The minimum atomic E-state index is -0.328. The zero-order valence-electron chi connectivity index (χ0n) is 7.63. The topological polar surface area (TPSA) is 80.0 Å². The third-order valence-corrected chi connectivity index (χ3v) is 1.28. The van der Waals surface area contributed by atoms with E-state index in [2.05, 4.69) is 25.3 Å². The van der Waals surface area contributed by atoms with Crippen molar-refractivity contribution in [2.45, 2.75) is 20.3 Å². The van der Waals surface area contributed by atoms with Gasteiger partial charge in [-0.25, -0.2) is 4.79 Å². The van der Waals surface area contributed by atoms with Crippen LogP contribution in [0.3, 0.4) is 0 Å². The Morgan fingerprint density at radius 2 is 2.38 bits per heavy atom. The van der Waals surface area contributed by atoms with E-state index in [9.17, 15) is 4.79 Å². The molecule has 13 heavy (non-hydrogen) atoms. The number of hydrogen-bond acceptors (Lipinski definition) is 4. The highest BCUT2D eigenvalue weighted by molar-refractivity contribution is 5.86. The molecule has 2 amide bonds. The number of carbonyl (C=O) groups excluding carboxylic acids is 1. The fourth-order valence-electron chi connectivity index (χ4n) is 0.728. The molecule has 2 N–H and O–H groups in total. The van der Waals surface area contributed by atoms with Gasteiger partial charge in [0.15, 0.2) is 5.82 Å². The first-order valence-corrected chi connectivity index (χ1v) is 4.07. The van der Waals surface area contributed by atoms with Crippen LogP contribution < -0.4 is 10.6 Å². The minimum absolute atomic E-state index is 0.117. The summed E-state index contributed by atoms with van der Waals surface area (Å²) in [7, 11) is 0. The van der Waals surface area contributed by atoms with Crippen molar-refractivity contribution in [1.82, 2.24) is 15.5 Å². The number of anilines is 1. The molecule has 0 unspecified atom stereocenters. The van der Waals surface area contributed by atoms with E-state index in [1.165, 1.54) is 0 Å². The van der Waals surface area contributed by atoms with E-state index in [1.807, 2.05) is 6.92 Å². The molecule has 0 aliphatic carbocycles. The van der Waals surface area contributed by atoms with Crippen LogP contribution in [-0.4, -0.2) is 22.7 Å². The molecule has 1 rings (SSSR count). The molecule has 0 radical (unpaired) electrons. The van der Waals surface area contributed by atoms with Gasteiger partial charge in [-0.05, 0) is 13.3 Å². The Morgan fingerprint density at radius 3 is 2.92 bits per heavy atom. The van der Waals surface area contributed by atoms with E-state index in [4.69, 9.17) is 0 Å². The van der Waals surface area contributed by atoms with Crippen molar-refractivity contribution in [3.63, 3.8) is 0 Å². The second-order valence-electron chi connectivity index (χ2n) is 2.53. The van der Waals surface area contributed by atoms with Crippen LogP contribution in [-0.2, 0) is 0 Å². The highest BCUT2D eigenvalue weighted by atomic mass is 16.5. The average molecular weight is 184 g/mol. The highest BCUT2D eigenvalue weighted by Gasteiger charge is 2.05. The summed E-state index contributed by atoms with van der Waals surface area (Å²) < 4.78 is 4.68. The van der Waals surface area contributed by atoms with Crippen molar-refractivity contribution in [1.29, 1.82) is 0 Å². The van der Waals surface area contributed by atoms with E-state index in [-0.39, 0.29) is 12.0 Å². The molecule has 0 saturated heterocycles. The van der Waals surface area contributed by atoms with Crippen LogP contribution in [0.25, 0.3) is 0 Å². The maximum atomic E-state index is 11.0. The van der Waals surface area contributed by atoms with Gasteiger partial charge in [0.1, 0.15) is 0 Å². The third kappa shape index (κ3) is 3.10. The fourth-order valence-corrected chi connectivity index (χ4v) is 0.728. The van der Waals surface area contributed by atoms with Gasteiger partial charge in [-0.3, -0.25) is 5.32 Å². The lowest BCUT2D eigenvalue weighted by Gasteiger charge is -2.00. The van der Waals surface area contributed by atoms with Gasteiger partial charge in [0.2, 0.25) is 0 Å². The van der Waals surface area contributed by atoms with Crippen LogP contribution in [0.4, 0.5) is 10.8 Å². The summed E-state index contributed by atoms with van der Waals surface area (Å²) in [5.74, 6) is 0.491. The Labute approximate surface area is 75.7 Å². The molecule has 0 spiro atoms. The molecule has 1 aromatic heterocycles. The quantitative estimate of drug-likeness (QED) is 0.731. The molecule has 6 nitrogen and oxygen atoms in total. The third-order valence-electron chi connectivity index (χ3n) is 1.28. The number of nitrogens with zero attached hydrogens (tertiary/aromatic N) is 2. The molecule has 1 heterocycles. The molecule has 0 aliphatic rings. The molecule has 0 aromatic carbocycles. The minimum Gasteiger partial charge on any atom is -0.338 e. The number of nitrogens with one attached hydrogen (secondary N) is 2. The van der Waals surface area contributed by atoms with E-state index in [0.29, 0.717) is 12.4 Å². The highest BCUT2D eigenvalue weighted by Crippen LogP contribution is 2.00. The normalized spacial score (nSPS) is 9.69. The number of aromatic nitrogens is 2. The lowest BCUT2D eigenvalue weighted by Crippen LogP contribution is -2.29. The van der Waals surface area contributed by atoms with Crippen molar-refractivity contribution >= 4 is 12.0 Å². The van der Waals surface area contributed by atoms with Crippen molar-refractivity contribution in [2.24, 2.45) is 0 Å². The average Bonchev–Trinajstić information content (AvgIpc) is 2.48. The molecule has 0 saturated carbocycles. The predicted molar refractivity (Wildman–Crippen MR) is 46.3 cm³/mol. The van der Waals surface area contributed by atoms with E-state index >= 15 is 0 Å². The van der Waals surface area contributed by atoms with Crippen molar-refractivity contribution in [2.75, 3.05) is 11.9 Å². The number of hydrogen-bond donors (Lipinski definition) is 2. The van der Waals surface area contributed by atoms with Gasteiger partial charge in [0, 0.05) is 6.54 Å². The molecule has 0 fully saturated rings. The standard InChI is InChI=1S/C7H12N4O2/c1-3-4-8-6(12)10-7-9-5(2)11-13-7/h3-4H2,1-2H3,(H2,8,9,10,11,12). The molecule has 0 aliphatic heterocycles. The maximum absolute atomic E-state index is 11.0. The van der Waals surface area contributed by atoms with Crippen LogP contribution in [0.5, 0.6) is 0 Å². The molecule has 0 atom stereocenters. The molecule has 0 bridgehead atoms. The molecule has 6 heteroatoms. The number of urea groups is 1. The van der Waals surface area contributed by atoms with Gasteiger partial charge in [0.05, 0.1) is 0 Å². The first kappa shape index (κ1) is 9.50. The van der Waals surface area contributed by atoms with Crippen molar-refractivity contribution in [3.05, 3.63) is 5.82 Å². The Morgan fingerprint density at radius 1 is 1.62 bits per heavy atom. The molecular weight excluding hydrogens is 172 g/mol. The second-order valence-corrected chi connectivity index (χ2v) is 2.53. The molecule has 72 valence electrons. The van der Waals surface area contributed by atoms with Gasteiger partial charge in [-0.1, -0.05) is 12.1 Å². The Kier molecular flexibility index (Phi) is 3.24. The monoisotopic (exact) mass is 184 g/mol. The number of rotatable bonds is 3. The zero-order chi connectivity index (χ0) is 9.68. The maximum Gasteiger partial charge on any atom is 0.329 e. The number of amides is 2. The molecular formula is C7H12N4O2. The van der Waals surface area contributed by atoms with E-state index < -0.39 is 0 Å². The summed E-state index contributed by atoms with van der Waals surface area (Å²) in [6, 6.07) is -0.211. The summed E-state index contributed by atoms with van der Waals surface area (Å²) in [5.41, 5.74) is 0. The van der Waals surface area contributed by atoms with E-state index in [0.717, 1.165) is 6.42 Å². The molecule has 1 aromatic rings. The summed E-state index contributed by atoms with van der Waals surface area (Å²) in [6.07, 6.45) is 0.885. The fraction of sp³-hybridized carbons (Fsp3) is 0.571. The van der Waals surface area contributed by atoms with Crippen molar-refractivity contribution < 1.29 is 9.32 Å². The Balaban J connectivity index is 2.36. The van der Waals surface area contributed by atoms with Gasteiger partial charge in [-0.15, -0.1) is 0 Å².